The molecule has 23 heavy (non-hydrogen) atoms. The molecule has 1 rings (SSSR count). The van der Waals surface area contributed by atoms with Crippen molar-refractivity contribution in [2.45, 2.75) is 67.2 Å². The van der Waals surface area contributed by atoms with Crippen molar-refractivity contribution in [3.8, 4) is 5.75 Å². The van der Waals surface area contributed by atoms with Gasteiger partial charge < -0.3 is 9.84 Å². The highest BCUT2D eigenvalue weighted by Gasteiger charge is 2.22. The van der Waals surface area contributed by atoms with Gasteiger partial charge in [-0.1, -0.05) is 46.2 Å². The summed E-state index contributed by atoms with van der Waals surface area (Å²) in [5.41, 5.74) is 2.75. The highest BCUT2D eigenvalue weighted by molar-refractivity contribution is 5.78. The first-order chi connectivity index (χ1) is 10.6. The fourth-order valence-electron chi connectivity index (χ4n) is 2.87. The minimum absolute atomic E-state index is 0.198. The number of aromatic hydroxyl groups is 1. The van der Waals surface area contributed by atoms with Crippen LogP contribution in [0.25, 0.3) is 0 Å². The van der Waals surface area contributed by atoms with Gasteiger partial charge >= 0.3 is 5.97 Å². The van der Waals surface area contributed by atoms with Crippen LogP contribution in [-0.4, -0.2) is 17.7 Å². The Morgan fingerprint density at radius 2 is 1.74 bits per heavy atom. The van der Waals surface area contributed by atoms with Crippen molar-refractivity contribution in [1.82, 2.24) is 0 Å². The van der Waals surface area contributed by atoms with E-state index in [9.17, 15) is 9.90 Å². The second kappa shape index (κ2) is 7.85. The average Bonchev–Trinajstić information content (AvgIpc) is 2.48. The van der Waals surface area contributed by atoms with Crippen LogP contribution in [0.2, 0.25) is 0 Å². The summed E-state index contributed by atoms with van der Waals surface area (Å²) in [6, 6.07) is 3.72. The number of esters is 1. The fraction of sp³-hybridized carbons (Fsp3) is 0.650. The van der Waals surface area contributed by atoms with E-state index < -0.39 is 0 Å². The Balaban J connectivity index is 2.64. The van der Waals surface area contributed by atoms with E-state index in [1.807, 2.05) is 32.9 Å². The lowest BCUT2D eigenvalue weighted by molar-refractivity contribution is -0.146. The number of ether oxygens (including phenoxy) is 1. The topological polar surface area (TPSA) is 46.5 Å². The molecule has 0 saturated heterocycles. The lowest BCUT2D eigenvalue weighted by Gasteiger charge is -2.26. The molecule has 1 aromatic rings. The molecule has 0 saturated carbocycles. The van der Waals surface area contributed by atoms with Crippen LogP contribution in [0.5, 0.6) is 5.75 Å². The average molecular weight is 320 g/mol. The number of rotatable bonds is 7. The second-order valence-corrected chi connectivity index (χ2v) is 7.68. The highest BCUT2D eigenvalue weighted by atomic mass is 16.5. The summed E-state index contributed by atoms with van der Waals surface area (Å²) in [5, 5.41) is 9.84. The summed E-state index contributed by atoms with van der Waals surface area (Å²) in [5.74, 6) is 0.129. The Bertz CT molecular complexity index is 523. The minimum Gasteiger partial charge on any atom is -0.507 e. The molecule has 1 N–H and O–H groups in total. The zero-order valence-electron chi connectivity index (χ0n) is 15.7. The molecule has 2 atom stereocenters. The van der Waals surface area contributed by atoms with E-state index in [-0.39, 0.29) is 17.3 Å². The highest BCUT2D eigenvalue weighted by Crippen LogP contribution is 2.30. The first kappa shape index (κ1) is 19.5. The third-order valence-electron chi connectivity index (χ3n) is 4.74. The fourth-order valence-corrected chi connectivity index (χ4v) is 2.87. The van der Waals surface area contributed by atoms with Gasteiger partial charge in [-0.15, -0.1) is 0 Å². The van der Waals surface area contributed by atoms with Gasteiger partial charge in [0.15, 0.2) is 0 Å². The van der Waals surface area contributed by atoms with Crippen LogP contribution in [0.4, 0.5) is 0 Å². The van der Waals surface area contributed by atoms with E-state index in [1.54, 1.807) is 0 Å². The van der Waals surface area contributed by atoms with Gasteiger partial charge in [-0.2, -0.15) is 0 Å². The van der Waals surface area contributed by atoms with Gasteiger partial charge in [0.05, 0.1) is 12.5 Å². The number of hydrogen-bond donors (Lipinski definition) is 1. The Morgan fingerprint density at radius 1 is 1.22 bits per heavy atom. The quantitative estimate of drug-likeness (QED) is 0.709. The Hall–Kier alpha value is -1.51. The molecule has 2 unspecified atom stereocenters. The third-order valence-corrected chi connectivity index (χ3v) is 4.74. The smallest absolute Gasteiger partial charge is 0.313 e. The van der Waals surface area contributed by atoms with Crippen LogP contribution >= 0.6 is 0 Å². The normalized spacial score (nSPS) is 14.4. The molecule has 0 spiro atoms. The number of benzene rings is 1. The van der Waals surface area contributed by atoms with Crippen LogP contribution in [0, 0.1) is 25.2 Å². The summed E-state index contributed by atoms with van der Waals surface area (Å²) >= 11 is 0. The molecule has 0 aromatic heterocycles. The predicted octanol–water partition coefficient (Wildman–Crippen LogP) is 5.12. The molecule has 130 valence electrons. The molecule has 0 amide bonds. The van der Waals surface area contributed by atoms with Gasteiger partial charge in [0.25, 0.3) is 0 Å². The number of carbonyl (C=O) groups excluding carboxylic acids is 1. The Labute approximate surface area is 141 Å². The van der Waals surface area contributed by atoms with Gasteiger partial charge in [0.1, 0.15) is 5.75 Å². The first-order valence-electron chi connectivity index (χ1n) is 8.54. The van der Waals surface area contributed by atoms with Gasteiger partial charge in [-0.25, -0.2) is 0 Å². The maximum atomic E-state index is 12.3. The van der Waals surface area contributed by atoms with Gasteiger partial charge in [-0.3, -0.25) is 4.79 Å². The second-order valence-electron chi connectivity index (χ2n) is 7.68. The van der Waals surface area contributed by atoms with Crippen molar-refractivity contribution in [2.24, 2.45) is 11.3 Å². The van der Waals surface area contributed by atoms with Crippen molar-refractivity contribution in [1.29, 1.82) is 0 Å². The van der Waals surface area contributed by atoms with Gasteiger partial charge in [0, 0.05) is 0 Å². The zero-order chi connectivity index (χ0) is 17.8. The first-order valence-corrected chi connectivity index (χ1v) is 8.54. The van der Waals surface area contributed by atoms with E-state index in [0.717, 1.165) is 29.5 Å². The van der Waals surface area contributed by atoms with Crippen LogP contribution in [0.1, 0.15) is 70.1 Å². The van der Waals surface area contributed by atoms with Gasteiger partial charge in [0.2, 0.25) is 0 Å². The molecule has 0 radical (unpaired) electrons. The Kier molecular flexibility index (Phi) is 6.67. The summed E-state index contributed by atoms with van der Waals surface area (Å²) in [6.45, 7) is 14.8. The number of hydrogen-bond acceptors (Lipinski definition) is 3. The molecule has 0 heterocycles. The molecule has 1 aromatic carbocycles. The molecular weight excluding hydrogens is 288 g/mol. The molecule has 0 fully saturated rings. The Morgan fingerprint density at radius 3 is 2.22 bits per heavy atom. The number of phenols is 1. The summed E-state index contributed by atoms with van der Waals surface area (Å²) in [7, 11) is 0. The summed E-state index contributed by atoms with van der Waals surface area (Å²) < 4.78 is 5.52. The van der Waals surface area contributed by atoms with E-state index >= 15 is 0 Å². The lowest BCUT2D eigenvalue weighted by Crippen LogP contribution is -2.21. The summed E-state index contributed by atoms with van der Waals surface area (Å²) in [4.78, 5) is 12.3. The van der Waals surface area contributed by atoms with Crippen molar-refractivity contribution >= 4 is 5.97 Å². The molecule has 3 heteroatoms. The number of carbonyl (C=O) groups is 1. The monoisotopic (exact) mass is 320 g/mol. The van der Waals surface area contributed by atoms with Crippen molar-refractivity contribution in [3.05, 3.63) is 28.8 Å². The molecule has 0 aliphatic heterocycles. The van der Waals surface area contributed by atoms with E-state index in [1.165, 1.54) is 0 Å². The molecule has 0 aliphatic rings. The standard InChI is InChI=1S/C20H32O3/c1-8-20(6,7)11-13(2)12-23-19(22)16(5)17-9-14(3)18(21)15(4)10-17/h9-10,13,16,21H,8,11-12H2,1-7H3. The van der Waals surface area contributed by atoms with Crippen LogP contribution in [0.3, 0.4) is 0 Å². The maximum Gasteiger partial charge on any atom is 0.313 e. The van der Waals surface area contributed by atoms with Crippen molar-refractivity contribution < 1.29 is 14.6 Å². The van der Waals surface area contributed by atoms with E-state index in [2.05, 4.69) is 27.7 Å². The molecule has 3 nitrogen and oxygen atoms in total. The lowest BCUT2D eigenvalue weighted by atomic mass is 9.81. The van der Waals surface area contributed by atoms with Crippen LogP contribution < -0.4 is 0 Å². The molecule has 0 aliphatic carbocycles. The summed E-state index contributed by atoms with van der Waals surface area (Å²) in [6.07, 6.45) is 2.16. The van der Waals surface area contributed by atoms with Gasteiger partial charge in [-0.05, 0) is 55.2 Å². The van der Waals surface area contributed by atoms with Crippen molar-refractivity contribution in [3.63, 3.8) is 0 Å². The largest absolute Gasteiger partial charge is 0.507 e. The third kappa shape index (κ3) is 5.56. The SMILES string of the molecule is CCC(C)(C)CC(C)COC(=O)C(C)c1cc(C)c(O)c(C)c1. The van der Waals surface area contributed by atoms with Crippen LogP contribution in [0.15, 0.2) is 12.1 Å². The zero-order valence-corrected chi connectivity index (χ0v) is 15.7. The predicted molar refractivity (Wildman–Crippen MR) is 94.8 cm³/mol. The van der Waals surface area contributed by atoms with Crippen LogP contribution in [-0.2, 0) is 9.53 Å². The molecule has 0 bridgehead atoms. The van der Waals surface area contributed by atoms with Crippen molar-refractivity contribution in [2.75, 3.05) is 6.61 Å². The number of aryl methyl sites for hydroxylation is 2. The number of phenolic OH excluding ortho intramolecular Hbond substituents is 1. The van der Waals surface area contributed by atoms with E-state index in [0.29, 0.717) is 18.3 Å². The minimum atomic E-state index is -0.320. The van der Waals surface area contributed by atoms with E-state index in [4.69, 9.17) is 4.74 Å². The maximum absolute atomic E-state index is 12.3. The molecular formula is C20H32O3.